The van der Waals surface area contributed by atoms with Crippen molar-refractivity contribution in [1.29, 1.82) is 0 Å². The molecule has 4 rings (SSSR count). The number of hydrogen-bond acceptors (Lipinski definition) is 6. The zero-order chi connectivity index (χ0) is 23.4. The van der Waals surface area contributed by atoms with E-state index in [4.69, 9.17) is 11.6 Å². The highest BCUT2D eigenvalue weighted by molar-refractivity contribution is 8.00. The topological polar surface area (TPSA) is 61.4 Å². The van der Waals surface area contributed by atoms with Gasteiger partial charge < -0.3 is 15.1 Å². The molecule has 1 aliphatic heterocycles. The summed E-state index contributed by atoms with van der Waals surface area (Å²) in [6.45, 7) is 7.67. The van der Waals surface area contributed by atoms with Gasteiger partial charge in [0.2, 0.25) is 5.91 Å². The molecule has 9 heteroatoms. The molecule has 1 fully saturated rings. The lowest BCUT2D eigenvalue weighted by atomic mass is 10.1. The average Bonchev–Trinajstić information content (AvgIpc) is 2.82. The quantitative estimate of drug-likeness (QED) is 0.499. The van der Waals surface area contributed by atoms with Gasteiger partial charge in [0.1, 0.15) is 10.8 Å². The monoisotopic (exact) mass is 485 g/mol. The van der Waals surface area contributed by atoms with Crippen molar-refractivity contribution < 1.29 is 9.18 Å². The number of hydrogen-bond donors (Lipinski definition) is 1. The largest absolute Gasteiger partial charge is 0.368 e. The molecule has 0 atom stereocenters. The number of piperazine rings is 1. The molecule has 0 aliphatic carbocycles. The zero-order valence-corrected chi connectivity index (χ0v) is 20.1. The van der Waals surface area contributed by atoms with Gasteiger partial charge in [-0.3, -0.25) is 4.79 Å². The molecule has 1 amide bonds. The fraction of sp³-hybridized carbons (Fsp3) is 0.292. The maximum Gasteiger partial charge on any atom is 0.234 e. The summed E-state index contributed by atoms with van der Waals surface area (Å²) in [6.07, 6.45) is 3.31. The second-order valence-corrected chi connectivity index (χ2v) is 9.29. The van der Waals surface area contributed by atoms with Gasteiger partial charge in [0.05, 0.1) is 10.8 Å². The van der Waals surface area contributed by atoms with Crippen LogP contribution in [0.1, 0.15) is 11.1 Å². The third kappa shape index (κ3) is 5.75. The minimum absolute atomic E-state index is 0.0309. The fourth-order valence-corrected chi connectivity index (χ4v) is 4.73. The molecule has 0 unspecified atom stereocenters. The predicted molar refractivity (Wildman–Crippen MR) is 133 cm³/mol. The number of aromatic nitrogens is 2. The molecule has 1 saturated heterocycles. The van der Waals surface area contributed by atoms with Crippen molar-refractivity contribution in [3.63, 3.8) is 0 Å². The van der Waals surface area contributed by atoms with Gasteiger partial charge in [-0.05, 0) is 49.2 Å². The Kier molecular flexibility index (Phi) is 7.35. The standard InChI is InChI=1S/C24H25ClFN5OS/c1-16-3-4-17(2)21(13-16)30-9-11-31(12-10-30)23-24(28-8-7-27-23)33-15-22(32)29-18-5-6-20(26)19(25)14-18/h3-8,13-14H,9-12,15H2,1-2H3,(H,29,32). The first-order chi connectivity index (χ1) is 15.9. The summed E-state index contributed by atoms with van der Waals surface area (Å²) in [5, 5.41) is 3.42. The zero-order valence-electron chi connectivity index (χ0n) is 18.5. The van der Waals surface area contributed by atoms with Crippen LogP contribution in [-0.4, -0.2) is 47.8 Å². The fourth-order valence-electron chi connectivity index (χ4n) is 3.76. The number of carbonyl (C=O) groups excluding carboxylic acids is 1. The van der Waals surface area contributed by atoms with Crippen molar-refractivity contribution in [2.45, 2.75) is 18.9 Å². The molecule has 1 N–H and O–H groups in total. The van der Waals surface area contributed by atoms with Crippen LogP contribution in [0.5, 0.6) is 0 Å². The number of thioether (sulfide) groups is 1. The number of nitrogens with one attached hydrogen (secondary N) is 1. The van der Waals surface area contributed by atoms with Gasteiger partial charge in [-0.25, -0.2) is 14.4 Å². The predicted octanol–water partition coefficient (Wildman–Crippen LogP) is 4.94. The molecular formula is C24H25ClFN5OS. The normalized spacial score (nSPS) is 13.8. The molecule has 0 radical (unpaired) electrons. The van der Waals surface area contributed by atoms with Crippen LogP contribution >= 0.6 is 23.4 Å². The van der Waals surface area contributed by atoms with Crippen LogP contribution in [0, 0.1) is 19.7 Å². The lowest BCUT2D eigenvalue weighted by Crippen LogP contribution is -2.47. The molecule has 6 nitrogen and oxygen atoms in total. The van der Waals surface area contributed by atoms with Crippen LogP contribution in [0.3, 0.4) is 0 Å². The first-order valence-corrected chi connectivity index (χ1v) is 12.0. The van der Waals surface area contributed by atoms with Crippen molar-refractivity contribution in [3.8, 4) is 0 Å². The van der Waals surface area contributed by atoms with E-state index in [1.807, 2.05) is 0 Å². The number of carbonyl (C=O) groups is 1. The first-order valence-electron chi connectivity index (χ1n) is 10.7. The summed E-state index contributed by atoms with van der Waals surface area (Å²) in [4.78, 5) is 26.0. The number of anilines is 3. The van der Waals surface area contributed by atoms with Gasteiger partial charge in [0, 0.05) is 49.9 Å². The second kappa shape index (κ2) is 10.4. The van der Waals surface area contributed by atoms with Crippen LogP contribution in [0.25, 0.3) is 0 Å². The van der Waals surface area contributed by atoms with Crippen LogP contribution in [0.15, 0.2) is 53.8 Å². The van der Waals surface area contributed by atoms with Crippen LogP contribution in [-0.2, 0) is 4.79 Å². The van der Waals surface area contributed by atoms with Gasteiger partial charge >= 0.3 is 0 Å². The maximum atomic E-state index is 13.3. The Balaban J connectivity index is 1.37. The molecule has 2 aromatic carbocycles. The second-order valence-electron chi connectivity index (χ2n) is 7.91. The van der Waals surface area contributed by atoms with Crippen LogP contribution in [0.2, 0.25) is 5.02 Å². The van der Waals surface area contributed by atoms with E-state index in [0.29, 0.717) is 10.7 Å². The van der Waals surface area contributed by atoms with E-state index in [-0.39, 0.29) is 16.7 Å². The van der Waals surface area contributed by atoms with E-state index in [9.17, 15) is 9.18 Å². The average molecular weight is 486 g/mol. The number of aryl methyl sites for hydroxylation is 2. The number of amides is 1. The maximum absolute atomic E-state index is 13.3. The molecule has 2 heterocycles. The number of benzene rings is 2. The molecular weight excluding hydrogens is 461 g/mol. The summed E-state index contributed by atoms with van der Waals surface area (Å²) >= 11 is 7.11. The summed E-state index contributed by atoms with van der Waals surface area (Å²) < 4.78 is 13.3. The van der Waals surface area contributed by atoms with Gasteiger partial charge in [0.15, 0.2) is 5.82 Å². The molecule has 3 aromatic rings. The highest BCUT2D eigenvalue weighted by atomic mass is 35.5. The van der Waals surface area contributed by atoms with E-state index in [0.717, 1.165) is 32.0 Å². The van der Waals surface area contributed by atoms with Crippen molar-refractivity contribution in [2.75, 3.05) is 47.0 Å². The molecule has 172 valence electrons. The van der Waals surface area contributed by atoms with Crippen molar-refractivity contribution >= 4 is 46.5 Å². The third-order valence-corrected chi connectivity index (χ3v) is 6.73. The van der Waals surface area contributed by atoms with E-state index < -0.39 is 5.82 Å². The lowest BCUT2D eigenvalue weighted by molar-refractivity contribution is -0.113. The Labute approximate surface area is 202 Å². The highest BCUT2D eigenvalue weighted by Gasteiger charge is 2.22. The molecule has 0 bridgehead atoms. The third-order valence-electron chi connectivity index (χ3n) is 5.47. The van der Waals surface area contributed by atoms with Gasteiger partial charge in [-0.1, -0.05) is 35.5 Å². The van der Waals surface area contributed by atoms with E-state index in [1.54, 1.807) is 12.4 Å². The van der Waals surface area contributed by atoms with Gasteiger partial charge in [0.25, 0.3) is 0 Å². The number of rotatable bonds is 6. The lowest BCUT2D eigenvalue weighted by Gasteiger charge is -2.37. The summed E-state index contributed by atoms with van der Waals surface area (Å²) in [7, 11) is 0. The molecule has 33 heavy (non-hydrogen) atoms. The molecule has 1 aromatic heterocycles. The van der Waals surface area contributed by atoms with Crippen molar-refractivity contribution in [2.24, 2.45) is 0 Å². The molecule has 0 spiro atoms. The van der Waals surface area contributed by atoms with E-state index >= 15 is 0 Å². The first kappa shape index (κ1) is 23.3. The Morgan fingerprint density at radius 3 is 2.55 bits per heavy atom. The van der Waals surface area contributed by atoms with Crippen molar-refractivity contribution in [3.05, 3.63) is 70.8 Å². The molecule has 1 aliphatic rings. The SMILES string of the molecule is Cc1ccc(C)c(N2CCN(c3nccnc3SCC(=O)Nc3ccc(F)c(Cl)c3)CC2)c1. The van der Waals surface area contributed by atoms with Crippen molar-refractivity contribution in [1.82, 2.24) is 9.97 Å². The summed E-state index contributed by atoms with van der Waals surface area (Å²) in [6, 6.07) is 10.6. The van der Waals surface area contributed by atoms with E-state index in [1.165, 1.54) is 46.8 Å². The smallest absolute Gasteiger partial charge is 0.234 e. The Morgan fingerprint density at radius 2 is 1.79 bits per heavy atom. The summed E-state index contributed by atoms with van der Waals surface area (Å²) in [5.41, 5.74) is 4.26. The summed E-state index contributed by atoms with van der Waals surface area (Å²) in [5.74, 6) is 0.203. The number of nitrogens with zero attached hydrogens (tertiary/aromatic N) is 4. The minimum atomic E-state index is -0.522. The minimum Gasteiger partial charge on any atom is -0.368 e. The number of halogens is 2. The van der Waals surface area contributed by atoms with Gasteiger partial charge in [-0.2, -0.15) is 0 Å². The Morgan fingerprint density at radius 1 is 1.06 bits per heavy atom. The van der Waals surface area contributed by atoms with Crippen LogP contribution in [0.4, 0.5) is 21.6 Å². The van der Waals surface area contributed by atoms with E-state index in [2.05, 4.69) is 57.1 Å². The van der Waals surface area contributed by atoms with Gasteiger partial charge in [-0.15, -0.1) is 0 Å². The molecule has 0 saturated carbocycles. The highest BCUT2D eigenvalue weighted by Crippen LogP contribution is 2.29. The Bertz CT molecular complexity index is 1150. The van der Waals surface area contributed by atoms with Crippen LogP contribution < -0.4 is 15.1 Å². The Hall–Kier alpha value is -2.84.